The fourth-order valence-corrected chi connectivity index (χ4v) is 3.49. The van der Waals surface area contributed by atoms with E-state index in [-0.39, 0.29) is 16.5 Å². The molecular weight excluding hydrogens is 348 g/mol. The minimum atomic E-state index is -3.76. The fraction of sp³-hybridized carbons (Fsp3) is 0.0526. The highest BCUT2D eigenvalue weighted by Crippen LogP contribution is 2.25. The third-order valence-electron chi connectivity index (χ3n) is 3.72. The molecule has 0 atom stereocenters. The number of aromatic nitrogens is 1. The summed E-state index contributed by atoms with van der Waals surface area (Å²) in [5.41, 5.74) is 8.79. The SMILES string of the molecule is [C-]#[N+]c1ccc(-c2ccc(S(=O)(=O)Nc3cc(C)cc(N)n3)cc2)cc1. The van der Waals surface area contributed by atoms with Crippen LogP contribution in [-0.4, -0.2) is 13.4 Å². The topological polar surface area (TPSA) is 89.4 Å². The van der Waals surface area contributed by atoms with Gasteiger partial charge in [0.05, 0.1) is 11.5 Å². The van der Waals surface area contributed by atoms with E-state index in [9.17, 15) is 8.42 Å². The van der Waals surface area contributed by atoms with Crippen molar-refractivity contribution >= 4 is 27.3 Å². The van der Waals surface area contributed by atoms with Crippen molar-refractivity contribution in [3.05, 3.63) is 77.6 Å². The summed E-state index contributed by atoms with van der Waals surface area (Å²) in [6.07, 6.45) is 0. The van der Waals surface area contributed by atoms with Gasteiger partial charge in [0.1, 0.15) is 11.6 Å². The van der Waals surface area contributed by atoms with E-state index in [1.54, 1.807) is 36.4 Å². The van der Waals surface area contributed by atoms with Crippen molar-refractivity contribution in [3.63, 3.8) is 0 Å². The van der Waals surface area contributed by atoms with Crippen LogP contribution >= 0.6 is 0 Å². The molecule has 26 heavy (non-hydrogen) atoms. The summed E-state index contributed by atoms with van der Waals surface area (Å²) < 4.78 is 27.5. The van der Waals surface area contributed by atoms with Crippen LogP contribution in [0.1, 0.15) is 5.56 Å². The van der Waals surface area contributed by atoms with Crippen molar-refractivity contribution in [1.29, 1.82) is 0 Å². The van der Waals surface area contributed by atoms with Gasteiger partial charge in [-0.05, 0) is 47.9 Å². The zero-order chi connectivity index (χ0) is 18.7. The van der Waals surface area contributed by atoms with Gasteiger partial charge in [-0.25, -0.2) is 18.2 Å². The average molecular weight is 364 g/mol. The number of nitrogens with zero attached hydrogens (tertiary/aromatic N) is 2. The smallest absolute Gasteiger partial charge is 0.263 e. The molecule has 0 aliphatic carbocycles. The van der Waals surface area contributed by atoms with Crippen molar-refractivity contribution in [1.82, 2.24) is 4.98 Å². The number of benzene rings is 2. The summed E-state index contributed by atoms with van der Waals surface area (Å²) in [5.74, 6) is 0.433. The quantitative estimate of drug-likeness (QED) is 0.685. The number of hydrogen-bond donors (Lipinski definition) is 2. The van der Waals surface area contributed by atoms with E-state index in [1.165, 1.54) is 12.1 Å². The zero-order valence-electron chi connectivity index (χ0n) is 14.0. The maximum Gasteiger partial charge on any atom is 0.263 e. The van der Waals surface area contributed by atoms with Crippen LogP contribution in [0.3, 0.4) is 0 Å². The van der Waals surface area contributed by atoms with Gasteiger partial charge in [0.25, 0.3) is 10.0 Å². The summed E-state index contributed by atoms with van der Waals surface area (Å²) in [4.78, 5) is 7.47. The third kappa shape index (κ3) is 3.82. The first-order chi connectivity index (χ1) is 12.4. The first-order valence-electron chi connectivity index (χ1n) is 7.72. The van der Waals surface area contributed by atoms with Crippen molar-refractivity contribution < 1.29 is 8.42 Å². The van der Waals surface area contributed by atoms with Crippen LogP contribution in [-0.2, 0) is 10.0 Å². The summed E-state index contributed by atoms with van der Waals surface area (Å²) in [6, 6.07) is 16.9. The number of sulfonamides is 1. The molecule has 0 bridgehead atoms. The Labute approximate surface area is 152 Å². The lowest BCUT2D eigenvalue weighted by molar-refractivity contribution is 0.601. The van der Waals surface area contributed by atoms with Gasteiger partial charge < -0.3 is 5.73 Å². The molecule has 3 N–H and O–H groups in total. The number of nitrogens with one attached hydrogen (secondary N) is 1. The largest absolute Gasteiger partial charge is 0.384 e. The summed E-state index contributed by atoms with van der Waals surface area (Å²) in [7, 11) is -3.76. The van der Waals surface area contributed by atoms with Gasteiger partial charge in [-0.2, -0.15) is 0 Å². The molecule has 6 nitrogen and oxygen atoms in total. The Kier molecular flexibility index (Phi) is 4.61. The third-order valence-corrected chi connectivity index (χ3v) is 5.09. The Hall–Kier alpha value is -3.37. The van der Waals surface area contributed by atoms with Crippen LogP contribution in [0.4, 0.5) is 17.3 Å². The molecule has 0 amide bonds. The minimum Gasteiger partial charge on any atom is -0.384 e. The first kappa shape index (κ1) is 17.5. The second-order valence-electron chi connectivity index (χ2n) is 5.74. The monoisotopic (exact) mass is 364 g/mol. The zero-order valence-corrected chi connectivity index (χ0v) is 14.8. The Bertz CT molecular complexity index is 1060. The highest BCUT2D eigenvalue weighted by molar-refractivity contribution is 7.92. The lowest BCUT2D eigenvalue weighted by atomic mass is 10.1. The molecule has 3 aromatic rings. The van der Waals surface area contributed by atoms with Crippen LogP contribution in [0.2, 0.25) is 0 Å². The van der Waals surface area contributed by atoms with Crippen LogP contribution < -0.4 is 10.5 Å². The molecule has 0 radical (unpaired) electrons. The lowest BCUT2D eigenvalue weighted by Gasteiger charge is -2.09. The van der Waals surface area contributed by atoms with Gasteiger partial charge >= 0.3 is 0 Å². The molecule has 0 spiro atoms. The maximum atomic E-state index is 12.5. The second-order valence-corrected chi connectivity index (χ2v) is 7.43. The van der Waals surface area contributed by atoms with E-state index in [1.807, 2.05) is 19.1 Å². The number of pyridine rings is 1. The molecule has 2 aromatic carbocycles. The molecule has 7 heteroatoms. The number of hydrogen-bond acceptors (Lipinski definition) is 4. The normalized spacial score (nSPS) is 10.9. The number of anilines is 2. The standard InChI is InChI=1S/C19H16N4O2S/c1-13-11-18(20)22-19(12-13)23-26(24,25)17-9-5-15(6-10-17)14-3-7-16(21-2)8-4-14/h3-12H,1H3,(H3,20,22,23). The molecular formula is C19H16N4O2S. The van der Waals surface area contributed by atoms with E-state index >= 15 is 0 Å². The fourth-order valence-electron chi connectivity index (χ4n) is 2.50. The molecule has 0 saturated carbocycles. The Morgan fingerprint density at radius 1 is 1.00 bits per heavy atom. The number of rotatable bonds is 4. The van der Waals surface area contributed by atoms with Crippen LogP contribution in [0.15, 0.2) is 65.6 Å². The second kappa shape index (κ2) is 6.86. The van der Waals surface area contributed by atoms with Crippen molar-refractivity contribution in [2.24, 2.45) is 0 Å². The van der Waals surface area contributed by atoms with Crippen molar-refractivity contribution in [2.75, 3.05) is 10.5 Å². The molecule has 0 fully saturated rings. The van der Waals surface area contributed by atoms with Crippen LogP contribution in [0.25, 0.3) is 16.0 Å². The highest BCUT2D eigenvalue weighted by atomic mass is 32.2. The van der Waals surface area contributed by atoms with Crippen molar-refractivity contribution in [3.8, 4) is 11.1 Å². The van der Waals surface area contributed by atoms with E-state index in [0.29, 0.717) is 5.69 Å². The molecule has 1 heterocycles. The Morgan fingerprint density at radius 2 is 1.58 bits per heavy atom. The minimum absolute atomic E-state index is 0.126. The maximum absolute atomic E-state index is 12.5. The van der Waals surface area contributed by atoms with E-state index in [2.05, 4.69) is 14.6 Å². The van der Waals surface area contributed by atoms with E-state index < -0.39 is 10.0 Å². The number of aryl methyl sites for hydroxylation is 1. The van der Waals surface area contributed by atoms with Gasteiger partial charge in [0, 0.05) is 0 Å². The number of nitrogens with two attached hydrogens (primary N) is 1. The van der Waals surface area contributed by atoms with E-state index in [4.69, 9.17) is 12.3 Å². The Morgan fingerprint density at radius 3 is 2.12 bits per heavy atom. The van der Waals surface area contributed by atoms with Gasteiger partial charge in [0.2, 0.25) is 0 Å². The van der Waals surface area contributed by atoms with Gasteiger partial charge in [0.15, 0.2) is 5.69 Å². The highest BCUT2D eigenvalue weighted by Gasteiger charge is 2.15. The predicted octanol–water partition coefficient (Wildman–Crippen LogP) is 3.99. The van der Waals surface area contributed by atoms with Crippen molar-refractivity contribution in [2.45, 2.75) is 11.8 Å². The first-order valence-corrected chi connectivity index (χ1v) is 9.21. The Balaban J connectivity index is 1.85. The van der Waals surface area contributed by atoms with Gasteiger partial charge in [-0.3, -0.25) is 4.72 Å². The van der Waals surface area contributed by atoms with E-state index in [0.717, 1.165) is 16.7 Å². The molecule has 1 aromatic heterocycles. The summed E-state index contributed by atoms with van der Waals surface area (Å²) in [5, 5.41) is 0. The molecule has 0 unspecified atom stereocenters. The average Bonchev–Trinajstić information content (AvgIpc) is 2.60. The summed E-state index contributed by atoms with van der Waals surface area (Å²) in [6.45, 7) is 8.78. The molecule has 3 rings (SSSR count). The van der Waals surface area contributed by atoms with Gasteiger partial charge in [-0.1, -0.05) is 36.4 Å². The molecule has 130 valence electrons. The van der Waals surface area contributed by atoms with Crippen LogP contribution in [0, 0.1) is 13.5 Å². The summed E-state index contributed by atoms with van der Waals surface area (Å²) >= 11 is 0. The number of nitrogen functional groups attached to an aromatic ring is 1. The van der Waals surface area contributed by atoms with Gasteiger partial charge in [-0.15, -0.1) is 0 Å². The predicted molar refractivity (Wildman–Crippen MR) is 102 cm³/mol. The molecule has 0 saturated heterocycles. The molecule has 0 aliphatic rings. The van der Waals surface area contributed by atoms with Crippen LogP contribution in [0.5, 0.6) is 0 Å². The lowest BCUT2D eigenvalue weighted by Crippen LogP contribution is -2.14. The molecule has 0 aliphatic heterocycles.